The van der Waals surface area contributed by atoms with Crippen LogP contribution in [-0.2, 0) is 6.54 Å². The molecule has 2 heterocycles. The summed E-state index contributed by atoms with van der Waals surface area (Å²) in [6.07, 6.45) is 3.37. The zero-order valence-electron chi connectivity index (χ0n) is 13.5. The van der Waals surface area contributed by atoms with Crippen LogP contribution in [0.15, 0.2) is 54.9 Å². The van der Waals surface area contributed by atoms with Crippen LogP contribution >= 0.6 is 11.6 Å². The van der Waals surface area contributed by atoms with Gasteiger partial charge < -0.3 is 10.6 Å². The fourth-order valence-corrected chi connectivity index (χ4v) is 2.30. The second-order valence-corrected chi connectivity index (χ2v) is 5.82. The molecule has 1 amide bonds. The van der Waals surface area contributed by atoms with Gasteiger partial charge in [-0.15, -0.1) is 0 Å². The van der Waals surface area contributed by atoms with Crippen LogP contribution in [0.25, 0.3) is 0 Å². The largest absolute Gasteiger partial charge is 0.347 e. The number of carbonyl (C=O) groups is 1. The van der Waals surface area contributed by atoms with E-state index in [0.717, 1.165) is 11.3 Å². The van der Waals surface area contributed by atoms with Crippen molar-refractivity contribution in [2.45, 2.75) is 13.5 Å². The quantitative estimate of drug-likeness (QED) is 0.733. The lowest BCUT2D eigenvalue weighted by atomic mass is 10.2. The average molecular weight is 354 g/mol. The lowest BCUT2D eigenvalue weighted by molar-refractivity contribution is 0.0945. The van der Waals surface area contributed by atoms with Gasteiger partial charge in [-0.3, -0.25) is 9.78 Å². The van der Waals surface area contributed by atoms with Gasteiger partial charge in [0.1, 0.15) is 5.69 Å². The number of carbonyl (C=O) groups excluding carboxylic acids is 1. The summed E-state index contributed by atoms with van der Waals surface area (Å²) < 4.78 is 0. The van der Waals surface area contributed by atoms with E-state index in [0.29, 0.717) is 28.9 Å². The molecule has 25 heavy (non-hydrogen) atoms. The summed E-state index contributed by atoms with van der Waals surface area (Å²) in [7, 11) is 0. The van der Waals surface area contributed by atoms with E-state index in [-0.39, 0.29) is 5.91 Å². The number of benzene rings is 1. The van der Waals surface area contributed by atoms with Crippen LogP contribution in [0.1, 0.15) is 21.7 Å². The van der Waals surface area contributed by atoms with Crippen LogP contribution in [0.4, 0.5) is 11.6 Å². The molecule has 1 aromatic carbocycles. The third kappa shape index (κ3) is 4.74. The minimum Gasteiger partial charge on any atom is -0.347 e. The molecule has 0 unspecified atom stereocenters. The van der Waals surface area contributed by atoms with Gasteiger partial charge in [0.15, 0.2) is 0 Å². The highest BCUT2D eigenvalue weighted by atomic mass is 35.5. The number of aryl methyl sites for hydroxylation is 1. The Kier molecular flexibility index (Phi) is 5.20. The van der Waals surface area contributed by atoms with Crippen molar-refractivity contribution >= 4 is 29.1 Å². The minimum absolute atomic E-state index is 0.263. The van der Waals surface area contributed by atoms with Crippen molar-refractivity contribution in [3.8, 4) is 0 Å². The molecule has 0 aliphatic carbocycles. The monoisotopic (exact) mass is 353 g/mol. The molecular formula is C18H16ClN5O. The molecule has 3 aromatic rings. The van der Waals surface area contributed by atoms with E-state index in [1.54, 1.807) is 30.6 Å². The maximum absolute atomic E-state index is 12.4. The van der Waals surface area contributed by atoms with E-state index < -0.39 is 0 Å². The van der Waals surface area contributed by atoms with Crippen molar-refractivity contribution in [3.63, 3.8) is 0 Å². The van der Waals surface area contributed by atoms with Crippen molar-refractivity contribution in [1.82, 2.24) is 20.3 Å². The molecule has 0 bridgehead atoms. The van der Waals surface area contributed by atoms with Gasteiger partial charge in [-0.25, -0.2) is 9.97 Å². The molecule has 2 aromatic heterocycles. The molecule has 0 aliphatic rings. The van der Waals surface area contributed by atoms with Crippen LogP contribution in [0.2, 0.25) is 5.02 Å². The maximum atomic E-state index is 12.4. The summed E-state index contributed by atoms with van der Waals surface area (Å²) in [4.78, 5) is 24.9. The highest BCUT2D eigenvalue weighted by Gasteiger charge is 2.10. The first kappa shape index (κ1) is 16.9. The predicted molar refractivity (Wildman–Crippen MR) is 96.9 cm³/mol. The number of pyridine rings is 1. The Balaban J connectivity index is 1.72. The van der Waals surface area contributed by atoms with Gasteiger partial charge in [-0.05, 0) is 55.0 Å². The summed E-state index contributed by atoms with van der Waals surface area (Å²) in [5.41, 5.74) is 2.75. The number of hydrogen-bond acceptors (Lipinski definition) is 5. The molecule has 0 radical (unpaired) electrons. The number of rotatable bonds is 5. The van der Waals surface area contributed by atoms with Crippen molar-refractivity contribution in [1.29, 1.82) is 0 Å². The Bertz CT molecular complexity index is 868. The van der Waals surface area contributed by atoms with Crippen molar-refractivity contribution in [3.05, 3.63) is 76.8 Å². The molecule has 0 spiro atoms. The minimum atomic E-state index is -0.263. The van der Waals surface area contributed by atoms with Gasteiger partial charge in [0.25, 0.3) is 5.91 Å². The second kappa shape index (κ2) is 7.72. The second-order valence-electron chi connectivity index (χ2n) is 5.39. The lowest BCUT2D eigenvalue weighted by Gasteiger charge is -2.09. The molecular weight excluding hydrogens is 338 g/mol. The van der Waals surface area contributed by atoms with Crippen LogP contribution in [0, 0.1) is 6.92 Å². The topological polar surface area (TPSA) is 79.8 Å². The van der Waals surface area contributed by atoms with E-state index in [1.807, 2.05) is 31.2 Å². The summed E-state index contributed by atoms with van der Waals surface area (Å²) in [6, 6.07) is 12.5. The van der Waals surface area contributed by atoms with Gasteiger partial charge >= 0.3 is 0 Å². The summed E-state index contributed by atoms with van der Waals surface area (Å²) in [5, 5.41) is 6.56. The first-order valence-electron chi connectivity index (χ1n) is 7.65. The third-order valence-corrected chi connectivity index (χ3v) is 3.64. The highest BCUT2D eigenvalue weighted by molar-refractivity contribution is 6.30. The van der Waals surface area contributed by atoms with E-state index in [9.17, 15) is 4.79 Å². The average Bonchev–Trinajstić information content (AvgIpc) is 2.62. The van der Waals surface area contributed by atoms with Crippen molar-refractivity contribution in [2.24, 2.45) is 0 Å². The fraction of sp³-hybridized carbons (Fsp3) is 0.111. The number of amides is 1. The van der Waals surface area contributed by atoms with Crippen LogP contribution in [0.5, 0.6) is 0 Å². The zero-order chi connectivity index (χ0) is 17.6. The standard InChI is InChI=1S/C18H16ClN5O/c1-12-10-16(17(25)21-11-13-6-8-20-9-7-13)24-18(22-12)23-15-4-2-14(19)3-5-15/h2-10H,11H2,1H3,(H,21,25)(H,22,23,24). The van der Waals surface area contributed by atoms with E-state index in [4.69, 9.17) is 11.6 Å². The van der Waals surface area contributed by atoms with Gasteiger partial charge in [0.05, 0.1) is 0 Å². The van der Waals surface area contributed by atoms with Crippen LogP contribution < -0.4 is 10.6 Å². The first-order chi connectivity index (χ1) is 12.1. The van der Waals surface area contributed by atoms with Crippen molar-refractivity contribution in [2.75, 3.05) is 5.32 Å². The highest BCUT2D eigenvalue weighted by Crippen LogP contribution is 2.17. The number of halogens is 1. The Morgan fingerprint density at radius 3 is 2.52 bits per heavy atom. The Morgan fingerprint density at radius 2 is 1.80 bits per heavy atom. The van der Waals surface area contributed by atoms with E-state index >= 15 is 0 Å². The molecule has 7 heteroatoms. The predicted octanol–water partition coefficient (Wildman–Crippen LogP) is 3.51. The summed E-state index contributed by atoms with van der Waals surface area (Å²) in [6.45, 7) is 2.22. The Hall–Kier alpha value is -2.99. The SMILES string of the molecule is Cc1cc(C(=O)NCc2ccncc2)nc(Nc2ccc(Cl)cc2)n1. The molecule has 2 N–H and O–H groups in total. The smallest absolute Gasteiger partial charge is 0.270 e. The number of nitrogens with one attached hydrogen (secondary N) is 2. The molecule has 126 valence electrons. The van der Waals surface area contributed by atoms with Gasteiger partial charge in [0.2, 0.25) is 5.95 Å². The number of aromatic nitrogens is 3. The molecule has 6 nitrogen and oxygen atoms in total. The first-order valence-corrected chi connectivity index (χ1v) is 8.03. The van der Waals surface area contributed by atoms with Crippen LogP contribution in [-0.4, -0.2) is 20.9 Å². The summed E-state index contributed by atoms with van der Waals surface area (Å²) in [5.74, 6) is 0.0952. The van der Waals surface area contributed by atoms with Gasteiger partial charge in [-0.2, -0.15) is 0 Å². The summed E-state index contributed by atoms with van der Waals surface area (Å²) >= 11 is 5.88. The Labute approximate surface area is 150 Å². The van der Waals surface area contributed by atoms with Gasteiger partial charge in [-0.1, -0.05) is 11.6 Å². The zero-order valence-corrected chi connectivity index (χ0v) is 14.3. The normalized spacial score (nSPS) is 10.3. The maximum Gasteiger partial charge on any atom is 0.270 e. The van der Waals surface area contributed by atoms with E-state index in [2.05, 4.69) is 25.6 Å². The number of nitrogens with zero attached hydrogens (tertiary/aromatic N) is 3. The molecule has 0 saturated heterocycles. The molecule has 3 rings (SSSR count). The molecule has 0 aliphatic heterocycles. The molecule has 0 saturated carbocycles. The third-order valence-electron chi connectivity index (χ3n) is 3.39. The van der Waals surface area contributed by atoms with Gasteiger partial charge in [0, 0.05) is 35.3 Å². The van der Waals surface area contributed by atoms with Crippen LogP contribution in [0.3, 0.4) is 0 Å². The number of anilines is 2. The number of hydrogen-bond donors (Lipinski definition) is 2. The molecule has 0 fully saturated rings. The van der Waals surface area contributed by atoms with E-state index in [1.165, 1.54) is 0 Å². The Morgan fingerprint density at radius 1 is 1.08 bits per heavy atom. The fourth-order valence-electron chi connectivity index (χ4n) is 2.18. The lowest BCUT2D eigenvalue weighted by Crippen LogP contribution is -2.24. The molecule has 0 atom stereocenters. The van der Waals surface area contributed by atoms with Crippen molar-refractivity contribution < 1.29 is 4.79 Å².